The highest BCUT2D eigenvalue weighted by Crippen LogP contribution is 2.60. The number of nitrogens with zero attached hydrogens (tertiary/aromatic N) is 2. The zero-order chi connectivity index (χ0) is 42.2. The van der Waals surface area contributed by atoms with Gasteiger partial charge in [-0.25, -0.2) is 0 Å². The van der Waals surface area contributed by atoms with Crippen molar-refractivity contribution >= 4 is 38.8 Å². The van der Waals surface area contributed by atoms with E-state index in [1.54, 1.807) is 0 Å². The quantitative estimate of drug-likeness (QED) is 0.159. The Morgan fingerprint density at radius 1 is 0.531 bits per heavy atom. The number of hydrogen-bond acceptors (Lipinski definition) is 2. The average Bonchev–Trinajstić information content (AvgIpc) is 4.01. The highest BCUT2D eigenvalue weighted by molar-refractivity contribution is 6.10. The molecule has 13 rings (SSSR count). The van der Waals surface area contributed by atoms with Crippen molar-refractivity contribution in [3.05, 3.63) is 270 Å². The molecule has 64 heavy (non-hydrogen) atoms. The predicted octanol–water partition coefficient (Wildman–Crippen LogP) is 14.9. The van der Waals surface area contributed by atoms with Crippen LogP contribution >= 0.6 is 0 Å². The summed E-state index contributed by atoms with van der Waals surface area (Å²) in [6, 6.07) is 73.6. The molecule has 2 heterocycles. The van der Waals surface area contributed by atoms with Gasteiger partial charge in [-0.1, -0.05) is 170 Å². The van der Waals surface area contributed by atoms with Crippen LogP contribution in [0.3, 0.4) is 0 Å². The zero-order valence-corrected chi connectivity index (χ0v) is 35.3. The van der Waals surface area contributed by atoms with Crippen LogP contribution in [-0.4, -0.2) is 10.7 Å². The van der Waals surface area contributed by atoms with E-state index in [0.29, 0.717) is 0 Å². The zero-order valence-electron chi connectivity index (χ0n) is 35.3. The highest BCUT2D eigenvalue weighted by atomic mass is 16.5. The molecule has 0 fully saturated rings. The van der Waals surface area contributed by atoms with Crippen molar-refractivity contribution in [2.75, 3.05) is 4.90 Å². The van der Waals surface area contributed by atoms with Crippen LogP contribution in [0.25, 0.3) is 44.2 Å². The Labute approximate surface area is 373 Å². The van der Waals surface area contributed by atoms with Crippen LogP contribution in [0.1, 0.15) is 40.2 Å². The number of para-hydroxylation sites is 3. The smallest absolute Gasteiger partial charge is 0.130 e. The maximum absolute atomic E-state index is 6.67. The number of allylic oxidation sites excluding steroid dienone is 6. The normalized spacial score (nSPS) is 18.7. The van der Waals surface area contributed by atoms with E-state index < -0.39 is 0 Å². The van der Waals surface area contributed by atoms with E-state index >= 15 is 0 Å². The van der Waals surface area contributed by atoms with E-state index in [1.807, 2.05) is 0 Å². The molecule has 0 spiro atoms. The van der Waals surface area contributed by atoms with Crippen LogP contribution in [0.15, 0.2) is 242 Å². The Bertz CT molecular complexity index is 3350. The second kappa shape index (κ2) is 14.6. The minimum Gasteiger partial charge on any atom is -0.485 e. The second-order valence-corrected chi connectivity index (χ2v) is 17.5. The van der Waals surface area contributed by atoms with Crippen LogP contribution in [0.5, 0.6) is 5.75 Å². The fraction of sp³-hybridized carbons (Fsp3) is 0.0820. The lowest BCUT2D eigenvalue weighted by Gasteiger charge is -2.39. The van der Waals surface area contributed by atoms with Gasteiger partial charge in [0.05, 0.1) is 16.4 Å². The van der Waals surface area contributed by atoms with Gasteiger partial charge in [-0.15, -0.1) is 0 Å². The van der Waals surface area contributed by atoms with Gasteiger partial charge in [0.15, 0.2) is 0 Å². The van der Waals surface area contributed by atoms with Crippen LogP contribution in [0.4, 0.5) is 11.4 Å². The van der Waals surface area contributed by atoms with Crippen LogP contribution in [0, 0.1) is 5.92 Å². The lowest BCUT2D eigenvalue weighted by atomic mass is 9.63. The molecule has 8 aromatic carbocycles. The van der Waals surface area contributed by atoms with Crippen molar-refractivity contribution in [1.82, 2.24) is 4.57 Å². The van der Waals surface area contributed by atoms with Crippen LogP contribution in [-0.2, 0) is 5.41 Å². The molecule has 0 saturated heterocycles. The van der Waals surface area contributed by atoms with E-state index in [4.69, 9.17) is 4.74 Å². The van der Waals surface area contributed by atoms with Gasteiger partial charge in [0.25, 0.3) is 0 Å². The van der Waals surface area contributed by atoms with Crippen molar-refractivity contribution in [1.29, 1.82) is 0 Å². The summed E-state index contributed by atoms with van der Waals surface area (Å²) in [4.78, 5) is 2.48. The Kier molecular flexibility index (Phi) is 8.39. The van der Waals surface area contributed by atoms with E-state index in [1.165, 1.54) is 77.7 Å². The van der Waals surface area contributed by atoms with Crippen LogP contribution in [0.2, 0.25) is 0 Å². The maximum atomic E-state index is 6.67. The Balaban J connectivity index is 0.964. The molecule has 3 aliphatic carbocycles. The predicted molar refractivity (Wildman–Crippen MR) is 264 cm³/mol. The van der Waals surface area contributed by atoms with Gasteiger partial charge in [-0.05, 0) is 100 Å². The first kappa shape index (κ1) is 36.7. The van der Waals surface area contributed by atoms with Crippen LogP contribution < -0.4 is 9.64 Å². The first-order valence-corrected chi connectivity index (χ1v) is 22.5. The minimum atomic E-state index is -0.387. The first-order valence-electron chi connectivity index (χ1n) is 22.5. The van der Waals surface area contributed by atoms with Crippen molar-refractivity contribution < 1.29 is 4.74 Å². The monoisotopic (exact) mass is 820 g/mol. The van der Waals surface area contributed by atoms with Gasteiger partial charge >= 0.3 is 0 Å². The minimum absolute atomic E-state index is 0.0517. The molecule has 0 radical (unpaired) electrons. The summed E-state index contributed by atoms with van der Waals surface area (Å²) in [5.41, 5.74) is 16.8. The maximum Gasteiger partial charge on any atom is 0.130 e. The third kappa shape index (κ3) is 5.53. The van der Waals surface area contributed by atoms with Gasteiger partial charge in [0.2, 0.25) is 0 Å². The molecule has 0 N–H and O–H groups in total. The molecule has 4 aliphatic rings. The van der Waals surface area contributed by atoms with Gasteiger partial charge < -0.3 is 14.2 Å². The SMILES string of the molecule is C1=CC2c3ccc(N(C4=CC=C5c6ccccc6OC5C4)c4ccc(-c5ccc6c(c5)c5ccccc5n6-c5ccccc5)cc4)cc3C(c3ccccc3)(c3ccccc3)C2C=C1. The fourth-order valence-electron chi connectivity index (χ4n) is 11.5. The second-order valence-electron chi connectivity index (χ2n) is 17.5. The molecule has 304 valence electrons. The molecule has 3 nitrogen and oxygen atoms in total. The van der Waals surface area contributed by atoms with E-state index in [-0.39, 0.29) is 23.4 Å². The molecule has 3 unspecified atom stereocenters. The summed E-state index contributed by atoms with van der Waals surface area (Å²) in [7, 11) is 0. The van der Waals surface area contributed by atoms with Gasteiger partial charge in [0, 0.05) is 62.9 Å². The lowest BCUT2D eigenvalue weighted by molar-refractivity contribution is 0.274. The van der Waals surface area contributed by atoms with Crippen molar-refractivity contribution in [3.63, 3.8) is 0 Å². The molecular weight excluding hydrogens is 777 g/mol. The van der Waals surface area contributed by atoms with E-state index in [2.05, 4.69) is 246 Å². The lowest BCUT2D eigenvalue weighted by Crippen LogP contribution is -2.35. The van der Waals surface area contributed by atoms with Crippen molar-refractivity contribution in [2.24, 2.45) is 5.92 Å². The number of anilines is 2. The molecule has 3 atom stereocenters. The summed E-state index contributed by atoms with van der Waals surface area (Å²) in [6.45, 7) is 0. The average molecular weight is 821 g/mol. The third-order valence-electron chi connectivity index (χ3n) is 14.3. The number of hydrogen-bond donors (Lipinski definition) is 0. The Morgan fingerprint density at radius 2 is 1.19 bits per heavy atom. The van der Waals surface area contributed by atoms with E-state index in [9.17, 15) is 0 Å². The van der Waals surface area contributed by atoms with E-state index in [0.717, 1.165) is 23.5 Å². The summed E-state index contributed by atoms with van der Waals surface area (Å²) in [5.74, 6) is 1.44. The molecule has 0 saturated carbocycles. The number of aromatic nitrogens is 1. The standard InChI is InChI=1S/C61H44N2O/c1-4-16-43(17-5-1)61(44-18-6-2-7-19-44)55-25-13-10-22-49(55)50-35-33-47(39-56(50)61)62(48-34-36-53-52-24-12-15-27-59(52)64-60(53)40-48)46-31-28-41(29-32-46)42-30-37-58-54(38-42)51-23-11-14-26-57(51)63(58)45-20-8-3-9-21-45/h1-39,49,55,60H,40H2. The molecule has 1 aromatic heterocycles. The van der Waals surface area contributed by atoms with Crippen molar-refractivity contribution in [2.45, 2.75) is 23.9 Å². The number of benzene rings is 8. The fourth-order valence-corrected chi connectivity index (χ4v) is 11.5. The number of fused-ring (bicyclic) bond motifs is 9. The summed E-state index contributed by atoms with van der Waals surface area (Å²) in [5, 5.41) is 2.50. The molecule has 0 amide bonds. The Hall–Kier alpha value is -7.88. The Morgan fingerprint density at radius 3 is 1.98 bits per heavy atom. The topological polar surface area (TPSA) is 17.4 Å². The summed E-state index contributed by atoms with van der Waals surface area (Å²) < 4.78 is 9.05. The number of rotatable bonds is 7. The highest BCUT2D eigenvalue weighted by Gasteiger charge is 2.53. The molecular formula is C61H44N2O. The van der Waals surface area contributed by atoms with Gasteiger partial charge in [0.1, 0.15) is 11.9 Å². The summed E-state index contributed by atoms with van der Waals surface area (Å²) in [6.07, 6.45) is 14.6. The van der Waals surface area contributed by atoms with Gasteiger partial charge in [-0.3, -0.25) is 0 Å². The molecule has 1 aliphatic heterocycles. The van der Waals surface area contributed by atoms with Crippen molar-refractivity contribution in [3.8, 4) is 22.6 Å². The first-order chi connectivity index (χ1) is 31.7. The largest absolute Gasteiger partial charge is 0.485 e. The van der Waals surface area contributed by atoms with Gasteiger partial charge in [-0.2, -0.15) is 0 Å². The molecule has 0 bridgehead atoms. The third-order valence-corrected chi connectivity index (χ3v) is 14.3. The number of ether oxygens (including phenoxy) is 1. The molecule has 3 heteroatoms. The molecule has 9 aromatic rings. The summed E-state index contributed by atoms with van der Waals surface area (Å²) >= 11 is 0.